The Kier molecular flexibility index (Phi) is 4.14. The number of carbonyl (C=O) groups is 1. The minimum absolute atomic E-state index is 0.0735. The van der Waals surface area contributed by atoms with Crippen LogP contribution < -0.4 is 5.32 Å². The molecule has 5 nitrogen and oxygen atoms in total. The Morgan fingerprint density at radius 1 is 1.59 bits per heavy atom. The van der Waals surface area contributed by atoms with Crippen molar-refractivity contribution in [1.29, 1.82) is 0 Å². The summed E-state index contributed by atoms with van der Waals surface area (Å²) in [7, 11) is 0. The first kappa shape index (κ1) is 12.1. The summed E-state index contributed by atoms with van der Waals surface area (Å²) in [6.45, 7) is 5.93. The van der Waals surface area contributed by atoms with Crippen molar-refractivity contribution in [1.82, 2.24) is 20.2 Å². The van der Waals surface area contributed by atoms with Crippen LogP contribution in [0.3, 0.4) is 0 Å². The maximum absolute atomic E-state index is 12.0. The molecule has 2 N–H and O–H groups in total. The van der Waals surface area contributed by atoms with Gasteiger partial charge in [0.15, 0.2) is 0 Å². The van der Waals surface area contributed by atoms with Gasteiger partial charge in [0.1, 0.15) is 5.69 Å². The number of hydrogen-bond donors (Lipinski definition) is 2. The quantitative estimate of drug-likeness (QED) is 0.815. The third-order valence-corrected chi connectivity index (χ3v) is 3.31. The monoisotopic (exact) mass is 236 g/mol. The molecular weight excluding hydrogens is 216 g/mol. The van der Waals surface area contributed by atoms with Crippen LogP contribution in [0.2, 0.25) is 0 Å². The first-order valence-corrected chi connectivity index (χ1v) is 6.29. The number of aromatic nitrogens is 2. The van der Waals surface area contributed by atoms with Crippen LogP contribution in [0.25, 0.3) is 0 Å². The summed E-state index contributed by atoms with van der Waals surface area (Å²) < 4.78 is 0. The smallest absolute Gasteiger partial charge is 0.271 e. The highest BCUT2D eigenvalue weighted by Crippen LogP contribution is 2.17. The maximum Gasteiger partial charge on any atom is 0.271 e. The Balaban J connectivity index is 1.81. The number of amides is 1. The van der Waals surface area contributed by atoms with Gasteiger partial charge in [-0.1, -0.05) is 6.92 Å². The highest BCUT2D eigenvalue weighted by atomic mass is 16.2. The molecule has 2 rings (SSSR count). The highest BCUT2D eigenvalue weighted by molar-refractivity contribution is 5.92. The van der Waals surface area contributed by atoms with E-state index in [0.29, 0.717) is 11.6 Å². The van der Waals surface area contributed by atoms with Gasteiger partial charge in [-0.15, -0.1) is 0 Å². The molecule has 1 aromatic rings. The molecule has 0 spiro atoms. The molecular formula is C12H20N4O. The number of nitrogens with zero attached hydrogens (tertiary/aromatic N) is 2. The number of likely N-dealkylation sites (tertiary alicyclic amines) is 1. The third kappa shape index (κ3) is 3.06. The van der Waals surface area contributed by atoms with Gasteiger partial charge in [0.25, 0.3) is 5.91 Å². The van der Waals surface area contributed by atoms with Crippen LogP contribution in [0, 0.1) is 5.92 Å². The van der Waals surface area contributed by atoms with Crippen LogP contribution in [0.15, 0.2) is 12.5 Å². The third-order valence-electron chi connectivity index (χ3n) is 3.31. The average molecular weight is 236 g/mol. The zero-order chi connectivity index (χ0) is 12.1. The van der Waals surface area contributed by atoms with Gasteiger partial charge in [-0.3, -0.25) is 4.79 Å². The van der Waals surface area contributed by atoms with Crippen LogP contribution in [0.5, 0.6) is 0 Å². The van der Waals surface area contributed by atoms with Gasteiger partial charge in [0.05, 0.1) is 12.5 Å². The largest absolute Gasteiger partial charge is 0.341 e. The second-order valence-corrected chi connectivity index (χ2v) is 4.51. The number of aromatic amines is 1. The normalized spacial score (nSPS) is 17.4. The molecule has 17 heavy (non-hydrogen) atoms. The van der Waals surface area contributed by atoms with Gasteiger partial charge in [0, 0.05) is 13.1 Å². The van der Waals surface area contributed by atoms with E-state index in [9.17, 15) is 4.79 Å². The minimum atomic E-state index is 0.0735. The fraction of sp³-hybridized carbons (Fsp3) is 0.667. The predicted octanol–water partition coefficient (Wildman–Crippen LogP) is 0.871. The Morgan fingerprint density at radius 3 is 2.94 bits per heavy atom. The summed E-state index contributed by atoms with van der Waals surface area (Å²) in [5, 5.41) is 3.37. The Bertz CT molecular complexity index is 341. The molecule has 1 fully saturated rings. The zero-order valence-corrected chi connectivity index (χ0v) is 10.3. The standard InChI is InChI=1S/C12H20N4O/c1-2-13-7-10-3-5-16(6-4-10)12(17)11-8-14-9-15-11/h8-10,13H,2-7H2,1H3,(H,14,15). The molecule has 1 amide bonds. The second-order valence-electron chi connectivity index (χ2n) is 4.51. The summed E-state index contributed by atoms with van der Waals surface area (Å²) in [5.41, 5.74) is 0.593. The number of rotatable bonds is 4. The highest BCUT2D eigenvalue weighted by Gasteiger charge is 2.23. The molecule has 0 unspecified atom stereocenters. The molecule has 1 aliphatic heterocycles. The summed E-state index contributed by atoms with van der Waals surface area (Å²) in [6, 6.07) is 0. The van der Waals surface area contributed by atoms with Crippen molar-refractivity contribution in [3.8, 4) is 0 Å². The molecule has 0 bridgehead atoms. The van der Waals surface area contributed by atoms with Gasteiger partial charge >= 0.3 is 0 Å². The predicted molar refractivity (Wildman–Crippen MR) is 65.8 cm³/mol. The van der Waals surface area contributed by atoms with E-state index in [2.05, 4.69) is 22.2 Å². The van der Waals surface area contributed by atoms with Crippen LogP contribution in [0.4, 0.5) is 0 Å². The van der Waals surface area contributed by atoms with Crippen molar-refractivity contribution in [2.75, 3.05) is 26.2 Å². The molecule has 0 saturated carbocycles. The molecule has 0 aliphatic carbocycles. The van der Waals surface area contributed by atoms with E-state index in [-0.39, 0.29) is 5.91 Å². The van der Waals surface area contributed by atoms with Crippen molar-refractivity contribution in [2.45, 2.75) is 19.8 Å². The Labute approximate surface area is 102 Å². The number of imidazole rings is 1. The van der Waals surface area contributed by atoms with Gasteiger partial charge < -0.3 is 15.2 Å². The number of nitrogens with one attached hydrogen (secondary N) is 2. The minimum Gasteiger partial charge on any atom is -0.341 e. The van der Waals surface area contributed by atoms with Crippen molar-refractivity contribution in [3.05, 3.63) is 18.2 Å². The lowest BCUT2D eigenvalue weighted by Crippen LogP contribution is -2.40. The van der Waals surface area contributed by atoms with Crippen molar-refractivity contribution >= 4 is 5.91 Å². The molecule has 1 saturated heterocycles. The van der Waals surface area contributed by atoms with E-state index in [1.54, 1.807) is 12.5 Å². The molecule has 2 heterocycles. The van der Waals surface area contributed by atoms with Crippen LogP contribution in [-0.2, 0) is 0 Å². The summed E-state index contributed by atoms with van der Waals surface area (Å²) >= 11 is 0. The van der Waals surface area contributed by atoms with Gasteiger partial charge in [-0.2, -0.15) is 0 Å². The molecule has 0 atom stereocenters. The number of carbonyl (C=O) groups excluding carboxylic acids is 1. The summed E-state index contributed by atoms with van der Waals surface area (Å²) in [5.74, 6) is 0.783. The molecule has 0 aromatic carbocycles. The van der Waals surface area contributed by atoms with E-state index in [1.165, 1.54) is 0 Å². The number of H-pyrrole nitrogens is 1. The Hall–Kier alpha value is -1.36. The van der Waals surface area contributed by atoms with Crippen molar-refractivity contribution in [3.63, 3.8) is 0 Å². The fourth-order valence-corrected chi connectivity index (χ4v) is 2.23. The molecule has 0 radical (unpaired) electrons. The van der Waals surface area contributed by atoms with E-state index in [1.807, 2.05) is 4.90 Å². The van der Waals surface area contributed by atoms with E-state index >= 15 is 0 Å². The molecule has 1 aliphatic rings. The van der Waals surface area contributed by atoms with Crippen molar-refractivity contribution < 1.29 is 4.79 Å². The number of piperidine rings is 1. The fourth-order valence-electron chi connectivity index (χ4n) is 2.23. The summed E-state index contributed by atoms with van der Waals surface area (Å²) in [6.07, 6.45) is 5.32. The lowest BCUT2D eigenvalue weighted by atomic mass is 9.96. The van der Waals surface area contributed by atoms with Gasteiger partial charge in [-0.05, 0) is 31.8 Å². The van der Waals surface area contributed by atoms with Gasteiger partial charge in [0.2, 0.25) is 0 Å². The van der Waals surface area contributed by atoms with Crippen LogP contribution in [-0.4, -0.2) is 47.0 Å². The van der Waals surface area contributed by atoms with Gasteiger partial charge in [-0.25, -0.2) is 4.98 Å². The zero-order valence-electron chi connectivity index (χ0n) is 10.3. The van der Waals surface area contributed by atoms with E-state index in [4.69, 9.17) is 0 Å². The topological polar surface area (TPSA) is 61.0 Å². The lowest BCUT2D eigenvalue weighted by Gasteiger charge is -2.31. The second kappa shape index (κ2) is 5.82. The van der Waals surface area contributed by atoms with E-state index < -0.39 is 0 Å². The lowest BCUT2D eigenvalue weighted by molar-refractivity contribution is 0.0685. The summed E-state index contributed by atoms with van der Waals surface area (Å²) in [4.78, 5) is 20.7. The molecule has 94 valence electrons. The molecule has 1 aromatic heterocycles. The number of hydrogen-bond acceptors (Lipinski definition) is 3. The Morgan fingerprint density at radius 2 is 2.35 bits per heavy atom. The average Bonchev–Trinajstić information content (AvgIpc) is 2.90. The first-order valence-electron chi connectivity index (χ1n) is 6.29. The van der Waals surface area contributed by atoms with Crippen LogP contribution in [0.1, 0.15) is 30.3 Å². The van der Waals surface area contributed by atoms with Crippen LogP contribution >= 0.6 is 0 Å². The molecule has 5 heteroatoms. The maximum atomic E-state index is 12.0. The first-order chi connectivity index (χ1) is 8.31. The van der Waals surface area contributed by atoms with E-state index in [0.717, 1.165) is 39.0 Å². The SMILES string of the molecule is CCNCC1CCN(C(=O)c2cnc[nH]2)CC1. The van der Waals surface area contributed by atoms with Crippen molar-refractivity contribution in [2.24, 2.45) is 5.92 Å².